The van der Waals surface area contributed by atoms with Crippen molar-refractivity contribution in [2.24, 2.45) is 0 Å². The topological polar surface area (TPSA) is 51.2 Å². The first-order valence-corrected chi connectivity index (χ1v) is 9.02. The summed E-state index contributed by atoms with van der Waals surface area (Å²) in [7, 11) is 3.18. The van der Waals surface area contributed by atoms with Crippen LogP contribution in [0.25, 0.3) is 0 Å². The van der Waals surface area contributed by atoms with Gasteiger partial charge in [-0.25, -0.2) is 0 Å². The number of hydrogen-bond donors (Lipinski definition) is 0. The monoisotopic (exact) mass is 348 g/mol. The minimum Gasteiger partial charge on any atom is -0.497 e. The van der Waals surface area contributed by atoms with Crippen LogP contribution in [0.2, 0.25) is 0 Å². The second-order valence-electron chi connectivity index (χ2n) is 6.60. The number of carbonyl (C=O) groups is 1. The second kappa shape index (κ2) is 8.06. The third kappa shape index (κ3) is 3.75. The molecule has 0 aliphatic carbocycles. The van der Waals surface area contributed by atoms with Gasteiger partial charge in [-0.3, -0.25) is 9.69 Å². The molecule has 2 heterocycles. The van der Waals surface area contributed by atoms with Crippen LogP contribution in [0.3, 0.4) is 0 Å². The van der Waals surface area contributed by atoms with E-state index < -0.39 is 0 Å². The molecule has 6 nitrogen and oxygen atoms in total. The Balaban J connectivity index is 1.62. The standard InChI is InChI=1S/C19H28N2O4/c1-4-21(14-7-9-25-10-8-14)15-12-20(13-15)19(22)17-6-5-16(23-2)11-18(17)24-3/h5-6,11,14-15H,4,7-10,12-13H2,1-3H3. The maximum Gasteiger partial charge on any atom is 0.257 e. The number of amides is 1. The Morgan fingerprint density at radius 1 is 1.20 bits per heavy atom. The van der Waals surface area contributed by atoms with Gasteiger partial charge in [-0.1, -0.05) is 6.92 Å². The van der Waals surface area contributed by atoms with Crippen molar-refractivity contribution in [1.82, 2.24) is 9.80 Å². The number of ether oxygens (including phenoxy) is 3. The SMILES string of the molecule is CCN(C1CCOCC1)C1CN(C(=O)c2ccc(OC)cc2OC)C1. The predicted molar refractivity (Wildman–Crippen MR) is 95.5 cm³/mol. The molecular weight excluding hydrogens is 320 g/mol. The zero-order chi connectivity index (χ0) is 17.8. The van der Waals surface area contributed by atoms with Gasteiger partial charge >= 0.3 is 0 Å². The third-order valence-corrected chi connectivity index (χ3v) is 5.28. The van der Waals surface area contributed by atoms with Gasteiger partial charge in [0.25, 0.3) is 5.91 Å². The molecule has 1 aromatic rings. The first-order chi connectivity index (χ1) is 12.2. The van der Waals surface area contributed by atoms with Crippen LogP contribution in [0.15, 0.2) is 18.2 Å². The number of likely N-dealkylation sites (tertiary alicyclic amines) is 1. The number of nitrogens with zero attached hydrogens (tertiary/aromatic N) is 2. The summed E-state index contributed by atoms with van der Waals surface area (Å²) in [5.74, 6) is 1.27. The molecule has 0 aromatic heterocycles. The molecule has 25 heavy (non-hydrogen) atoms. The molecule has 1 aromatic carbocycles. The van der Waals surface area contributed by atoms with Crippen molar-refractivity contribution >= 4 is 5.91 Å². The Bertz CT molecular complexity index is 595. The molecule has 3 rings (SSSR count). The largest absolute Gasteiger partial charge is 0.497 e. The lowest BCUT2D eigenvalue weighted by atomic mass is 9.99. The number of hydrogen-bond acceptors (Lipinski definition) is 5. The molecule has 0 bridgehead atoms. The average molecular weight is 348 g/mol. The summed E-state index contributed by atoms with van der Waals surface area (Å²) >= 11 is 0. The van der Waals surface area contributed by atoms with E-state index in [4.69, 9.17) is 14.2 Å². The highest BCUT2D eigenvalue weighted by atomic mass is 16.5. The van der Waals surface area contributed by atoms with Crippen molar-refractivity contribution in [2.45, 2.75) is 31.8 Å². The van der Waals surface area contributed by atoms with Gasteiger partial charge in [0.05, 0.1) is 19.8 Å². The van der Waals surface area contributed by atoms with Crippen molar-refractivity contribution < 1.29 is 19.0 Å². The molecule has 0 radical (unpaired) electrons. The molecule has 138 valence electrons. The second-order valence-corrected chi connectivity index (χ2v) is 6.60. The van der Waals surface area contributed by atoms with Crippen LogP contribution >= 0.6 is 0 Å². The lowest BCUT2D eigenvalue weighted by Crippen LogP contribution is -2.63. The highest BCUT2D eigenvalue weighted by Gasteiger charge is 2.38. The van der Waals surface area contributed by atoms with Crippen molar-refractivity contribution in [3.8, 4) is 11.5 Å². The highest BCUT2D eigenvalue weighted by molar-refractivity contribution is 5.97. The number of rotatable bonds is 6. The summed E-state index contributed by atoms with van der Waals surface area (Å²) < 4.78 is 16.0. The van der Waals surface area contributed by atoms with E-state index in [9.17, 15) is 4.79 Å². The van der Waals surface area contributed by atoms with E-state index in [0.717, 1.165) is 45.7 Å². The van der Waals surface area contributed by atoms with Crippen LogP contribution in [-0.4, -0.2) is 74.9 Å². The van der Waals surface area contributed by atoms with Crippen molar-refractivity contribution in [1.29, 1.82) is 0 Å². The summed E-state index contributed by atoms with van der Waals surface area (Å²) in [6, 6.07) is 6.36. The molecule has 2 saturated heterocycles. The summed E-state index contributed by atoms with van der Waals surface area (Å²) in [6.45, 7) is 6.47. The summed E-state index contributed by atoms with van der Waals surface area (Å²) in [5.41, 5.74) is 0.593. The Morgan fingerprint density at radius 3 is 2.52 bits per heavy atom. The molecule has 6 heteroatoms. The Hall–Kier alpha value is -1.79. The number of likely N-dealkylation sites (N-methyl/N-ethyl adjacent to an activating group) is 1. The van der Waals surface area contributed by atoms with Gasteiger partial charge in [0.1, 0.15) is 11.5 Å². The van der Waals surface area contributed by atoms with Crippen LogP contribution in [-0.2, 0) is 4.74 Å². The van der Waals surface area contributed by atoms with Crippen LogP contribution in [0.1, 0.15) is 30.1 Å². The Labute approximate surface area is 149 Å². The maximum absolute atomic E-state index is 12.8. The number of benzene rings is 1. The molecule has 2 aliphatic rings. The van der Waals surface area contributed by atoms with Gasteiger partial charge in [0.15, 0.2) is 0 Å². The fourth-order valence-corrected chi connectivity index (χ4v) is 3.81. The van der Waals surface area contributed by atoms with Crippen LogP contribution in [0.4, 0.5) is 0 Å². The van der Waals surface area contributed by atoms with E-state index >= 15 is 0 Å². The van der Waals surface area contributed by atoms with Gasteiger partial charge < -0.3 is 19.1 Å². The molecular formula is C19H28N2O4. The van der Waals surface area contributed by atoms with Crippen molar-refractivity contribution in [3.05, 3.63) is 23.8 Å². The highest BCUT2D eigenvalue weighted by Crippen LogP contribution is 2.29. The lowest BCUT2D eigenvalue weighted by Gasteiger charge is -2.48. The molecule has 0 spiro atoms. The fraction of sp³-hybridized carbons (Fsp3) is 0.632. The number of methoxy groups -OCH3 is 2. The molecule has 0 N–H and O–H groups in total. The minimum absolute atomic E-state index is 0.0267. The third-order valence-electron chi connectivity index (χ3n) is 5.28. The quantitative estimate of drug-likeness (QED) is 0.787. The normalized spacial score (nSPS) is 19.0. The van der Waals surface area contributed by atoms with E-state index in [1.165, 1.54) is 0 Å². The summed E-state index contributed by atoms with van der Waals surface area (Å²) in [4.78, 5) is 17.2. The Morgan fingerprint density at radius 2 is 1.92 bits per heavy atom. The smallest absolute Gasteiger partial charge is 0.257 e. The van der Waals surface area contributed by atoms with Crippen molar-refractivity contribution in [2.75, 3.05) is 47.1 Å². The van der Waals surface area contributed by atoms with Crippen molar-refractivity contribution in [3.63, 3.8) is 0 Å². The van der Waals surface area contributed by atoms with E-state index in [1.807, 2.05) is 4.90 Å². The van der Waals surface area contributed by atoms with Gasteiger partial charge in [0, 0.05) is 44.5 Å². The minimum atomic E-state index is 0.0267. The number of carbonyl (C=O) groups excluding carboxylic acids is 1. The molecule has 1 amide bonds. The Kier molecular flexibility index (Phi) is 5.81. The van der Waals surface area contributed by atoms with E-state index in [1.54, 1.807) is 32.4 Å². The van der Waals surface area contributed by atoms with Gasteiger partial charge in [-0.2, -0.15) is 0 Å². The van der Waals surface area contributed by atoms with Gasteiger partial charge in [-0.05, 0) is 31.5 Å². The van der Waals surface area contributed by atoms with Crippen LogP contribution in [0.5, 0.6) is 11.5 Å². The van der Waals surface area contributed by atoms with E-state index in [-0.39, 0.29) is 5.91 Å². The zero-order valence-corrected chi connectivity index (χ0v) is 15.4. The maximum atomic E-state index is 12.8. The first kappa shape index (κ1) is 18.0. The molecule has 2 aliphatic heterocycles. The van der Waals surface area contributed by atoms with Gasteiger partial charge in [-0.15, -0.1) is 0 Å². The van der Waals surface area contributed by atoms with E-state index in [2.05, 4.69) is 11.8 Å². The van der Waals surface area contributed by atoms with Gasteiger partial charge in [0.2, 0.25) is 0 Å². The summed E-state index contributed by atoms with van der Waals surface area (Å²) in [5, 5.41) is 0. The van der Waals surface area contributed by atoms with Crippen LogP contribution < -0.4 is 9.47 Å². The van der Waals surface area contributed by atoms with Crippen LogP contribution in [0, 0.1) is 0 Å². The molecule has 0 saturated carbocycles. The first-order valence-electron chi connectivity index (χ1n) is 9.02. The average Bonchev–Trinajstić information content (AvgIpc) is 2.63. The molecule has 0 atom stereocenters. The molecule has 2 fully saturated rings. The predicted octanol–water partition coefficient (Wildman–Crippen LogP) is 2.03. The fourth-order valence-electron chi connectivity index (χ4n) is 3.81. The molecule has 0 unspecified atom stereocenters. The summed E-state index contributed by atoms with van der Waals surface area (Å²) in [6.07, 6.45) is 2.18. The lowest BCUT2D eigenvalue weighted by molar-refractivity contribution is -0.0222. The zero-order valence-electron chi connectivity index (χ0n) is 15.4. The van der Waals surface area contributed by atoms with E-state index in [0.29, 0.717) is 29.1 Å².